The fourth-order valence-corrected chi connectivity index (χ4v) is 1.88. The summed E-state index contributed by atoms with van der Waals surface area (Å²) in [6, 6.07) is 1.24. The highest BCUT2D eigenvalue weighted by Gasteiger charge is 2.36. The first-order valence-electron chi connectivity index (χ1n) is 5.06. The van der Waals surface area contributed by atoms with E-state index >= 15 is 0 Å². The third kappa shape index (κ3) is 2.63. The van der Waals surface area contributed by atoms with Crippen LogP contribution in [0.5, 0.6) is 0 Å². The summed E-state index contributed by atoms with van der Waals surface area (Å²) >= 11 is 1.50. The van der Waals surface area contributed by atoms with Gasteiger partial charge in [0.05, 0.1) is 0 Å². The predicted octanol–water partition coefficient (Wildman–Crippen LogP) is 1.47. The van der Waals surface area contributed by atoms with Crippen molar-refractivity contribution in [2.75, 3.05) is 11.6 Å². The molecule has 0 aromatic carbocycles. The second-order valence-corrected chi connectivity index (χ2v) is 4.57. The molecule has 16 heavy (non-hydrogen) atoms. The van der Waals surface area contributed by atoms with Crippen molar-refractivity contribution in [1.82, 2.24) is 9.97 Å². The van der Waals surface area contributed by atoms with Crippen molar-refractivity contribution < 1.29 is 9.90 Å². The Balaban J connectivity index is 2.08. The minimum Gasteiger partial charge on any atom is -0.480 e. The maximum absolute atomic E-state index is 11.0. The monoisotopic (exact) mass is 239 g/mol. The molecule has 0 amide bonds. The maximum atomic E-state index is 11.0. The van der Waals surface area contributed by atoms with E-state index in [1.165, 1.54) is 18.1 Å². The number of aliphatic carboxylic acids is 1. The van der Waals surface area contributed by atoms with Crippen LogP contribution in [-0.4, -0.2) is 33.3 Å². The highest BCUT2D eigenvalue weighted by Crippen LogP contribution is 2.34. The first-order valence-corrected chi connectivity index (χ1v) is 6.28. The summed E-state index contributed by atoms with van der Waals surface area (Å²) in [5.74, 6) is 0.00987. The summed E-state index contributed by atoms with van der Waals surface area (Å²) in [5.41, 5.74) is 0. The zero-order chi connectivity index (χ0) is 11.5. The van der Waals surface area contributed by atoms with Gasteiger partial charge >= 0.3 is 5.97 Å². The largest absolute Gasteiger partial charge is 0.480 e. The van der Waals surface area contributed by atoms with Crippen LogP contribution in [0, 0.1) is 5.92 Å². The molecule has 1 aliphatic rings. The molecule has 6 heteroatoms. The highest BCUT2D eigenvalue weighted by molar-refractivity contribution is 7.98. The van der Waals surface area contributed by atoms with Crippen LogP contribution >= 0.6 is 11.8 Å². The van der Waals surface area contributed by atoms with Crippen molar-refractivity contribution in [3.63, 3.8) is 0 Å². The lowest BCUT2D eigenvalue weighted by molar-refractivity contribution is -0.138. The minimum atomic E-state index is -0.813. The van der Waals surface area contributed by atoms with E-state index in [1.807, 2.05) is 6.26 Å². The molecule has 86 valence electrons. The van der Waals surface area contributed by atoms with Gasteiger partial charge in [-0.2, -0.15) is 0 Å². The van der Waals surface area contributed by atoms with Gasteiger partial charge in [-0.15, -0.1) is 11.8 Å². The quantitative estimate of drug-likeness (QED) is 0.598. The molecule has 1 fully saturated rings. The molecule has 0 spiro atoms. The van der Waals surface area contributed by atoms with Crippen LogP contribution in [0.15, 0.2) is 17.4 Å². The fraction of sp³-hybridized carbons (Fsp3) is 0.500. The van der Waals surface area contributed by atoms with Gasteiger partial charge < -0.3 is 10.4 Å². The van der Waals surface area contributed by atoms with E-state index in [4.69, 9.17) is 5.11 Å². The molecular weight excluding hydrogens is 226 g/mol. The second-order valence-electron chi connectivity index (χ2n) is 3.74. The maximum Gasteiger partial charge on any atom is 0.326 e. The van der Waals surface area contributed by atoms with Crippen LogP contribution in [0.3, 0.4) is 0 Å². The normalized spacial score (nSPS) is 16.8. The lowest BCUT2D eigenvalue weighted by atomic mass is 10.2. The van der Waals surface area contributed by atoms with Crippen molar-refractivity contribution in [3.05, 3.63) is 12.4 Å². The molecule has 1 heterocycles. The number of hydrogen-bond acceptors (Lipinski definition) is 5. The number of carboxylic acid groups (broad SMARTS) is 1. The van der Waals surface area contributed by atoms with Gasteiger partial charge in [0.15, 0.2) is 0 Å². The van der Waals surface area contributed by atoms with E-state index in [0.717, 1.165) is 17.9 Å². The van der Waals surface area contributed by atoms with E-state index in [0.29, 0.717) is 5.82 Å². The van der Waals surface area contributed by atoms with Crippen LogP contribution in [0.1, 0.15) is 12.8 Å². The topological polar surface area (TPSA) is 75.1 Å². The molecule has 0 aliphatic heterocycles. The van der Waals surface area contributed by atoms with Gasteiger partial charge in [-0.05, 0) is 25.0 Å². The Morgan fingerprint density at radius 2 is 2.38 bits per heavy atom. The Bertz CT molecular complexity index is 395. The number of carbonyl (C=O) groups is 1. The Hall–Kier alpha value is -1.30. The van der Waals surface area contributed by atoms with Gasteiger partial charge in [0, 0.05) is 6.07 Å². The first-order chi connectivity index (χ1) is 7.70. The Labute approximate surface area is 97.7 Å². The summed E-state index contributed by atoms with van der Waals surface area (Å²) < 4.78 is 0. The average Bonchev–Trinajstić information content (AvgIpc) is 3.10. The molecule has 1 aromatic rings. The summed E-state index contributed by atoms with van der Waals surface area (Å²) in [7, 11) is 0. The zero-order valence-electron chi connectivity index (χ0n) is 8.88. The number of anilines is 1. The van der Waals surface area contributed by atoms with Crippen molar-refractivity contribution >= 4 is 23.5 Å². The lowest BCUT2D eigenvalue weighted by Crippen LogP contribution is -2.31. The van der Waals surface area contributed by atoms with Gasteiger partial charge in [-0.25, -0.2) is 14.8 Å². The molecule has 0 bridgehead atoms. The van der Waals surface area contributed by atoms with Crippen LogP contribution in [0.4, 0.5) is 5.82 Å². The zero-order valence-corrected chi connectivity index (χ0v) is 9.70. The van der Waals surface area contributed by atoms with Gasteiger partial charge in [-0.1, -0.05) is 0 Å². The van der Waals surface area contributed by atoms with E-state index in [2.05, 4.69) is 15.3 Å². The number of rotatable bonds is 5. The molecule has 0 radical (unpaired) electrons. The summed E-state index contributed by atoms with van der Waals surface area (Å²) in [4.78, 5) is 19.1. The Morgan fingerprint density at radius 3 is 2.94 bits per heavy atom. The van der Waals surface area contributed by atoms with Gasteiger partial charge in [-0.3, -0.25) is 0 Å². The number of hydrogen-bond donors (Lipinski definition) is 2. The summed E-state index contributed by atoms with van der Waals surface area (Å²) in [5, 5.41) is 12.8. The Kier molecular flexibility index (Phi) is 3.28. The van der Waals surface area contributed by atoms with Crippen molar-refractivity contribution in [3.8, 4) is 0 Å². The number of carboxylic acids is 1. The third-order valence-corrected chi connectivity index (χ3v) is 3.16. The van der Waals surface area contributed by atoms with Gasteiger partial charge in [0.2, 0.25) is 0 Å². The number of nitrogens with zero attached hydrogens (tertiary/aromatic N) is 2. The average molecular weight is 239 g/mol. The van der Waals surface area contributed by atoms with Gasteiger partial charge in [0.25, 0.3) is 0 Å². The van der Waals surface area contributed by atoms with E-state index < -0.39 is 12.0 Å². The third-order valence-electron chi connectivity index (χ3n) is 2.51. The van der Waals surface area contributed by atoms with E-state index in [9.17, 15) is 4.79 Å². The molecule has 1 saturated carbocycles. The molecule has 0 saturated heterocycles. The Morgan fingerprint density at radius 1 is 1.62 bits per heavy atom. The highest BCUT2D eigenvalue weighted by atomic mass is 32.2. The van der Waals surface area contributed by atoms with Crippen molar-refractivity contribution in [1.29, 1.82) is 0 Å². The van der Waals surface area contributed by atoms with Crippen molar-refractivity contribution in [2.45, 2.75) is 23.9 Å². The van der Waals surface area contributed by atoms with Crippen LogP contribution < -0.4 is 5.32 Å². The molecular formula is C10H13N3O2S. The summed E-state index contributed by atoms with van der Waals surface area (Å²) in [6.45, 7) is 0. The number of nitrogens with one attached hydrogen (secondary N) is 1. The molecule has 1 unspecified atom stereocenters. The standard InChI is InChI=1S/C10H13N3O2S/c1-16-8-4-7(11-5-12-8)13-9(10(14)15)6-2-3-6/h4-6,9H,2-3H2,1H3,(H,14,15)(H,11,12,13). The van der Waals surface area contributed by atoms with Crippen LogP contribution in [-0.2, 0) is 4.79 Å². The number of thioether (sulfide) groups is 1. The summed E-state index contributed by atoms with van der Waals surface area (Å²) in [6.07, 6.45) is 5.32. The second kappa shape index (κ2) is 4.69. The number of aromatic nitrogens is 2. The lowest BCUT2D eigenvalue weighted by Gasteiger charge is -2.13. The minimum absolute atomic E-state index is 0.241. The van der Waals surface area contributed by atoms with E-state index in [-0.39, 0.29) is 5.92 Å². The molecule has 1 aliphatic carbocycles. The first kappa shape index (κ1) is 11.2. The van der Waals surface area contributed by atoms with Gasteiger partial charge in [0.1, 0.15) is 23.2 Å². The van der Waals surface area contributed by atoms with Crippen LogP contribution in [0.25, 0.3) is 0 Å². The SMILES string of the molecule is CSc1cc(NC(C(=O)O)C2CC2)ncn1. The smallest absolute Gasteiger partial charge is 0.326 e. The molecule has 2 N–H and O–H groups in total. The molecule has 2 rings (SSSR count). The molecule has 1 atom stereocenters. The van der Waals surface area contributed by atoms with Crippen molar-refractivity contribution in [2.24, 2.45) is 5.92 Å². The molecule has 5 nitrogen and oxygen atoms in total. The fourth-order valence-electron chi connectivity index (χ4n) is 1.50. The van der Waals surface area contributed by atoms with Crippen LogP contribution in [0.2, 0.25) is 0 Å². The predicted molar refractivity (Wildman–Crippen MR) is 61.6 cm³/mol. The molecule has 1 aromatic heterocycles. The van der Waals surface area contributed by atoms with E-state index in [1.54, 1.807) is 6.07 Å².